The predicted octanol–water partition coefficient (Wildman–Crippen LogP) is 1.49. The van der Waals surface area contributed by atoms with Gasteiger partial charge in [0.05, 0.1) is 0 Å². The molecule has 2 heterocycles. The van der Waals surface area contributed by atoms with Crippen LogP contribution in [0.5, 0.6) is 0 Å². The summed E-state index contributed by atoms with van der Waals surface area (Å²) in [6.45, 7) is 0. The molecule has 2 aliphatic heterocycles. The molecule has 1 saturated carbocycles. The molecule has 3 fully saturated rings. The molecule has 2 nitrogen and oxygen atoms in total. The van der Waals surface area contributed by atoms with Crippen LogP contribution in [-0.2, 0) is 0 Å². The van der Waals surface area contributed by atoms with Gasteiger partial charge in [-0.2, -0.15) is 0 Å². The monoisotopic (exact) mass is 180 g/mol. The van der Waals surface area contributed by atoms with Crippen LogP contribution >= 0.6 is 0 Å². The first-order valence-electron chi connectivity index (χ1n) is 5.87. The van der Waals surface area contributed by atoms with E-state index < -0.39 is 0 Å². The normalized spacial score (nSPS) is 46.4. The van der Waals surface area contributed by atoms with E-state index in [0.717, 1.165) is 18.1 Å². The summed E-state index contributed by atoms with van der Waals surface area (Å²) in [7, 11) is 0. The Hall–Kier alpha value is -0.0800. The second kappa shape index (κ2) is 2.96. The quantitative estimate of drug-likeness (QED) is 0.662. The van der Waals surface area contributed by atoms with Crippen LogP contribution in [0.1, 0.15) is 44.9 Å². The summed E-state index contributed by atoms with van der Waals surface area (Å²) < 4.78 is 0. The minimum atomic E-state index is 0.505. The smallest absolute Gasteiger partial charge is 0.0116 e. The van der Waals surface area contributed by atoms with E-state index in [9.17, 15) is 0 Å². The van der Waals surface area contributed by atoms with Gasteiger partial charge in [0.25, 0.3) is 0 Å². The molecule has 2 heteroatoms. The van der Waals surface area contributed by atoms with Gasteiger partial charge in [0.1, 0.15) is 0 Å². The van der Waals surface area contributed by atoms with Crippen LogP contribution in [-0.4, -0.2) is 29.1 Å². The number of fused-ring (bicyclic) bond motifs is 2. The molecule has 2 saturated heterocycles. The Morgan fingerprint density at radius 1 is 0.846 bits per heavy atom. The van der Waals surface area contributed by atoms with Crippen molar-refractivity contribution in [3.05, 3.63) is 0 Å². The number of hydrogen-bond donors (Lipinski definition) is 1. The van der Waals surface area contributed by atoms with Crippen LogP contribution in [0.25, 0.3) is 0 Å². The number of piperidine rings is 2. The molecule has 0 radical (unpaired) electrons. The van der Waals surface area contributed by atoms with Crippen molar-refractivity contribution >= 4 is 0 Å². The molecule has 0 aromatic rings. The molecule has 3 aliphatic rings. The topological polar surface area (TPSA) is 29.3 Å². The lowest BCUT2D eigenvalue weighted by atomic mass is 9.82. The van der Waals surface area contributed by atoms with E-state index in [1.54, 1.807) is 0 Å². The zero-order valence-corrected chi connectivity index (χ0v) is 8.28. The van der Waals surface area contributed by atoms with E-state index >= 15 is 0 Å². The third-order valence-electron chi connectivity index (χ3n) is 4.04. The van der Waals surface area contributed by atoms with Crippen LogP contribution < -0.4 is 5.73 Å². The maximum atomic E-state index is 6.08. The van der Waals surface area contributed by atoms with Crippen LogP contribution in [0.15, 0.2) is 0 Å². The van der Waals surface area contributed by atoms with Gasteiger partial charge >= 0.3 is 0 Å². The number of nitrogens with zero attached hydrogens (tertiary/aromatic N) is 1. The number of rotatable bonds is 1. The van der Waals surface area contributed by atoms with Crippen molar-refractivity contribution in [1.82, 2.24) is 4.90 Å². The van der Waals surface area contributed by atoms with Crippen molar-refractivity contribution in [3.63, 3.8) is 0 Å². The average Bonchev–Trinajstić information content (AvgIpc) is 2.85. The first kappa shape index (κ1) is 8.25. The molecule has 1 aliphatic carbocycles. The molecular formula is C11H20N2. The fourth-order valence-electron chi connectivity index (χ4n) is 3.43. The van der Waals surface area contributed by atoms with Crippen molar-refractivity contribution in [2.75, 3.05) is 0 Å². The lowest BCUT2D eigenvalue weighted by Gasteiger charge is -2.48. The molecule has 2 N–H and O–H groups in total. The van der Waals surface area contributed by atoms with Gasteiger partial charge in [0, 0.05) is 24.2 Å². The van der Waals surface area contributed by atoms with E-state index in [1.807, 2.05) is 0 Å². The molecule has 3 rings (SSSR count). The van der Waals surface area contributed by atoms with Gasteiger partial charge in [0.15, 0.2) is 0 Å². The highest BCUT2D eigenvalue weighted by atomic mass is 15.3. The van der Waals surface area contributed by atoms with Crippen LogP contribution in [0.3, 0.4) is 0 Å². The largest absolute Gasteiger partial charge is 0.328 e. The second-order valence-corrected chi connectivity index (χ2v) is 5.15. The summed E-state index contributed by atoms with van der Waals surface area (Å²) in [5, 5.41) is 0. The average molecular weight is 180 g/mol. The van der Waals surface area contributed by atoms with Gasteiger partial charge in [-0.05, 0) is 38.5 Å². The maximum Gasteiger partial charge on any atom is 0.0116 e. The van der Waals surface area contributed by atoms with Gasteiger partial charge < -0.3 is 5.73 Å². The standard InChI is InChI=1S/C11H20N2/c12-8-6-10-2-1-3-11(7-8)13(10)9-4-5-9/h8-11H,1-7,12H2/t8?,10-,11+. The van der Waals surface area contributed by atoms with Crippen molar-refractivity contribution < 1.29 is 0 Å². The Balaban J connectivity index is 1.78. The Labute approximate surface area is 80.5 Å². The van der Waals surface area contributed by atoms with Gasteiger partial charge in [-0.25, -0.2) is 0 Å². The van der Waals surface area contributed by atoms with Crippen molar-refractivity contribution in [3.8, 4) is 0 Å². The third kappa shape index (κ3) is 1.40. The van der Waals surface area contributed by atoms with E-state index in [1.165, 1.54) is 44.9 Å². The molecule has 0 aromatic heterocycles. The summed E-state index contributed by atoms with van der Waals surface area (Å²) in [5.41, 5.74) is 6.08. The zero-order chi connectivity index (χ0) is 8.84. The molecule has 1 unspecified atom stereocenters. The Morgan fingerprint density at radius 2 is 1.46 bits per heavy atom. The molecular weight excluding hydrogens is 160 g/mol. The Kier molecular flexibility index (Phi) is 1.88. The van der Waals surface area contributed by atoms with Crippen LogP contribution in [0, 0.1) is 0 Å². The van der Waals surface area contributed by atoms with E-state index in [4.69, 9.17) is 5.73 Å². The first-order valence-corrected chi connectivity index (χ1v) is 5.87. The molecule has 0 amide bonds. The SMILES string of the molecule is NC1C[C@H]2CCC[C@@H](C1)N2C1CC1. The van der Waals surface area contributed by atoms with Crippen LogP contribution in [0.4, 0.5) is 0 Å². The molecule has 74 valence electrons. The summed E-state index contributed by atoms with van der Waals surface area (Å²) >= 11 is 0. The molecule has 0 aromatic carbocycles. The molecule has 0 spiro atoms. The van der Waals surface area contributed by atoms with E-state index in [-0.39, 0.29) is 0 Å². The fourth-order valence-corrected chi connectivity index (χ4v) is 3.43. The molecule has 3 atom stereocenters. The summed E-state index contributed by atoms with van der Waals surface area (Å²) in [5.74, 6) is 0. The summed E-state index contributed by atoms with van der Waals surface area (Å²) in [6, 6.07) is 3.18. The lowest BCUT2D eigenvalue weighted by molar-refractivity contribution is 0.0242. The van der Waals surface area contributed by atoms with Gasteiger partial charge in [0.2, 0.25) is 0 Å². The van der Waals surface area contributed by atoms with Crippen molar-refractivity contribution in [2.45, 2.75) is 69.1 Å². The van der Waals surface area contributed by atoms with Gasteiger partial charge in [-0.1, -0.05) is 6.42 Å². The molecule has 2 bridgehead atoms. The van der Waals surface area contributed by atoms with Gasteiger partial charge in [-0.15, -0.1) is 0 Å². The lowest BCUT2D eigenvalue weighted by Crippen LogP contribution is -2.56. The van der Waals surface area contributed by atoms with Crippen molar-refractivity contribution in [1.29, 1.82) is 0 Å². The van der Waals surface area contributed by atoms with Gasteiger partial charge in [-0.3, -0.25) is 4.90 Å². The fraction of sp³-hybridized carbons (Fsp3) is 1.00. The zero-order valence-electron chi connectivity index (χ0n) is 8.28. The summed E-state index contributed by atoms with van der Waals surface area (Å²) in [4.78, 5) is 2.83. The second-order valence-electron chi connectivity index (χ2n) is 5.15. The first-order chi connectivity index (χ1) is 6.34. The minimum absolute atomic E-state index is 0.505. The highest BCUT2D eigenvalue weighted by Crippen LogP contribution is 2.41. The number of nitrogens with two attached hydrogens (primary N) is 1. The Bertz CT molecular complexity index is 186. The number of hydrogen-bond acceptors (Lipinski definition) is 2. The van der Waals surface area contributed by atoms with Crippen molar-refractivity contribution in [2.24, 2.45) is 5.73 Å². The van der Waals surface area contributed by atoms with Crippen LogP contribution in [0.2, 0.25) is 0 Å². The van der Waals surface area contributed by atoms with E-state index in [2.05, 4.69) is 4.90 Å². The molecule has 13 heavy (non-hydrogen) atoms. The third-order valence-corrected chi connectivity index (χ3v) is 4.04. The maximum absolute atomic E-state index is 6.08. The predicted molar refractivity (Wildman–Crippen MR) is 53.5 cm³/mol. The van der Waals surface area contributed by atoms with E-state index in [0.29, 0.717) is 6.04 Å². The highest BCUT2D eigenvalue weighted by molar-refractivity contribution is 5.00. The summed E-state index contributed by atoms with van der Waals surface area (Å²) in [6.07, 6.45) is 9.75. The Morgan fingerprint density at radius 3 is 2.00 bits per heavy atom. The highest BCUT2D eigenvalue weighted by Gasteiger charge is 2.43. The minimum Gasteiger partial charge on any atom is -0.328 e.